The van der Waals surface area contributed by atoms with Crippen molar-refractivity contribution in [2.75, 3.05) is 19.8 Å². The second-order valence-corrected chi connectivity index (χ2v) is 8.11. The van der Waals surface area contributed by atoms with Crippen LogP contribution >= 0.6 is 0 Å². The van der Waals surface area contributed by atoms with Crippen LogP contribution in [0.2, 0.25) is 0 Å². The molecule has 0 radical (unpaired) electrons. The predicted molar refractivity (Wildman–Crippen MR) is 121 cm³/mol. The van der Waals surface area contributed by atoms with Gasteiger partial charge in [0.05, 0.1) is 11.1 Å². The molecule has 5 heteroatoms. The van der Waals surface area contributed by atoms with E-state index in [9.17, 15) is 0 Å². The van der Waals surface area contributed by atoms with Gasteiger partial charge in [-0.25, -0.2) is 0 Å². The summed E-state index contributed by atoms with van der Waals surface area (Å²) in [5, 5.41) is 0. The van der Waals surface area contributed by atoms with E-state index in [0.29, 0.717) is 13.2 Å². The second kappa shape index (κ2) is 14.7. The quantitative estimate of drug-likeness (QED) is 0.315. The molecule has 0 aromatic rings. The van der Waals surface area contributed by atoms with Crippen molar-refractivity contribution >= 4 is 0 Å². The van der Waals surface area contributed by atoms with Crippen LogP contribution in [0.3, 0.4) is 0 Å². The highest BCUT2D eigenvalue weighted by Gasteiger charge is 2.52. The molecular weight excluding hydrogens is 350 g/mol. The maximum atomic E-state index is 6.78. The Morgan fingerprint density at radius 1 is 0.607 bits per heavy atom. The van der Waals surface area contributed by atoms with Crippen molar-refractivity contribution in [1.29, 1.82) is 0 Å². The summed E-state index contributed by atoms with van der Waals surface area (Å²) in [6.45, 7) is 17.5. The van der Waals surface area contributed by atoms with E-state index in [-0.39, 0.29) is 23.5 Å². The fraction of sp³-hybridized carbons (Fsp3) is 1.00. The number of rotatable bonds is 18. The van der Waals surface area contributed by atoms with E-state index in [4.69, 9.17) is 20.9 Å². The van der Waals surface area contributed by atoms with Gasteiger partial charge >= 0.3 is 0 Å². The van der Waals surface area contributed by atoms with Crippen LogP contribution in [0.4, 0.5) is 0 Å². The topological polar surface area (TPSA) is 73.7 Å². The van der Waals surface area contributed by atoms with Gasteiger partial charge in [0.15, 0.2) is 0 Å². The zero-order valence-corrected chi connectivity index (χ0v) is 20.1. The molecule has 0 saturated heterocycles. The Bertz CT molecular complexity index is 335. The summed E-state index contributed by atoms with van der Waals surface area (Å²) in [6.07, 6.45) is 8.72. The molecule has 0 aliphatic heterocycles. The first-order valence-electron chi connectivity index (χ1n) is 11.9. The molecule has 4 N–H and O–H groups in total. The van der Waals surface area contributed by atoms with Crippen LogP contribution in [0.25, 0.3) is 0 Å². The average Bonchev–Trinajstić information content (AvgIpc) is 2.66. The standard InChI is InChI=1S/C23H51N3O2/c1-8-15-22(16-9-2,20(24)27-13-6)26(19-12-5)23(17-10-3,18-11-4)21(25)28-14-7/h20-21H,8-19,24-25H2,1-7H3. The smallest absolute Gasteiger partial charge is 0.124 e. The average molecular weight is 402 g/mol. The molecule has 5 nitrogen and oxygen atoms in total. The van der Waals surface area contributed by atoms with E-state index in [1.165, 1.54) is 0 Å². The van der Waals surface area contributed by atoms with Crippen LogP contribution in [-0.2, 0) is 9.47 Å². The van der Waals surface area contributed by atoms with Gasteiger partial charge in [-0.05, 0) is 52.5 Å². The molecule has 0 rings (SSSR count). The molecule has 0 aliphatic carbocycles. The Morgan fingerprint density at radius 2 is 0.929 bits per heavy atom. The molecule has 2 atom stereocenters. The molecule has 2 unspecified atom stereocenters. The number of hydrogen-bond donors (Lipinski definition) is 2. The Morgan fingerprint density at radius 3 is 1.14 bits per heavy atom. The maximum Gasteiger partial charge on any atom is 0.124 e. The minimum Gasteiger partial charge on any atom is -0.362 e. The van der Waals surface area contributed by atoms with Gasteiger partial charge < -0.3 is 20.9 Å². The zero-order chi connectivity index (χ0) is 21.6. The lowest BCUT2D eigenvalue weighted by molar-refractivity contribution is -0.166. The molecule has 0 bridgehead atoms. The highest BCUT2D eigenvalue weighted by molar-refractivity contribution is 5.06. The largest absolute Gasteiger partial charge is 0.362 e. The van der Waals surface area contributed by atoms with Gasteiger partial charge in [-0.15, -0.1) is 0 Å². The maximum absolute atomic E-state index is 6.78. The Labute approximate surface area is 175 Å². The highest BCUT2D eigenvalue weighted by Crippen LogP contribution is 2.42. The van der Waals surface area contributed by atoms with Crippen LogP contribution in [0.5, 0.6) is 0 Å². The zero-order valence-electron chi connectivity index (χ0n) is 20.1. The van der Waals surface area contributed by atoms with Crippen molar-refractivity contribution in [3.05, 3.63) is 0 Å². The first-order chi connectivity index (χ1) is 13.4. The van der Waals surface area contributed by atoms with Gasteiger partial charge in [-0.3, -0.25) is 4.90 Å². The van der Waals surface area contributed by atoms with Crippen LogP contribution in [-0.4, -0.2) is 48.2 Å². The van der Waals surface area contributed by atoms with Crippen molar-refractivity contribution in [1.82, 2.24) is 4.90 Å². The molecule has 0 heterocycles. The minimum atomic E-state index is -0.328. The van der Waals surface area contributed by atoms with Crippen LogP contribution in [0.1, 0.15) is 106 Å². The predicted octanol–water partition coefficient (Wildman–Crippen LogP) is 5.02. The van der Waals surface area contributed by atoms with E-state index < -0.39 is 0 Å². The second-order valence-electron chi connectivity index (χ2n) is 8.11. The van der Waals surface area contributed by atoms with Crippen LogP contribution in [0.15, 0.2) is 0 Å². The summed E-state index contributed by atoms with van der Waals surface area (Å²) in [6, 6.07) is 0. The van der Waals surface area contributed by atoms with Gasteiger partial charge in [0.25, 0.3) is 0 Å². The third kappa shape index (κ3) is 6.66. The molecule has 0 aliphatic rings. The van der Waals surface area contributed by atoms with Crippen molar-refractivity contribution in [2.24, 2.45) is 11.5 Å². The molecule has 0 spiro atoms. The molecule has 0 saturated carbocycles. The Hall–Kier alpha value is -0.200. The highest BCUT2D eigenvalue weighted by atomic mass is 16.5. The lowest BCUT2D eigenvalue weighted by Gasteiger charge is -2.58. The number of hydrogen-bond acceptors (Lipinski definition) is 5. The van der Waals surface area contributed by atoms with Gasteiger partial charge in [0.1, 0.15) is 12.5 Å². The number of nitrogens with zero attached hydrogens (tertiary/aromatic N) is 1. The third-order valence-electron chi connectivity index (χ3n) is 6.01. The van der Waals surface area contributed by atoms with Crippen molar-refractivity contribution in [3.63, 3.8) is 0 Å². The van der Waals surface area contributed by atoms with E-state index in [1.807, 2.05) is 13.8 Å². The van der Waals surface area contributed by atoms with E-state index >= 15 is 0 Å². The van der Waals surface area contributed by atoms with Crippen molar-refractivity contribution in [2.45, 2.75) is 130 Å². The first kappa shape index (κ1) is 27.8. The number of nitrogens with two attached hydrogens (primary N) is 2. The Balaban J connectivity index is 6.61. The fourth-order valence-electron chi connectivity index (χ4n) is 5.18. The Kier molecular flexibility index (Phi) is 14.6. The summed E-state index contributed by atoms with van der Waals surface area (Å²) in [5.74, 6) is 0. The van der Waals surface area contributed by atoms with Crippen LogP contribution in [0, 0.1) is 0 Å². The summed E-state index contributed by atoms with van der Waals surface area (Å²) < 4.78 is 12.2. The molecule has 0 fully saturated rings. The lowest BCUT2D eigenvalue weighted by atomic mass is 9.75. The minimum absolute atomic E-state index is 0.228. The molecule has 0 amide bonds. The van der Waals surface area contributed by atoms with Gasteiger partial charge in [0, 0.05) is 13.2 Å². The van der Waals surface area contributed by atoms with Crippen molar-refractivity contribution in [3.8, 4) is 0 Å². The SMILES string of the molecule is CCCN(C(CCC)(CCC)C(N)OCC)C(CCC)(CCC)C(N)OCC. The van der Waals surface area contributed by atoms with Gasteiger partial charge in [0.2, 0.25) is 0 Å². The van der Waals surface area contributed by atoms with Crippen molar-refractivity contribution < 1.29 is 9.47 Å². The molecule has 0 aromatic carbocycles. The normalized spacial score (nSPS) is 15.2. The van der Waals surface area contributed by atoms with E-state index in [0.717, 1.165) is 64.3 Å². The lowest BCUT2D eigenvalue weighted by Crippen LogP contribution is -2.72. The third-order valence-corrected chi connectivity index (χ3v) is 6.01. The molecular formula is C23H51N3O2. The summed E-state index contributed by atoms with van der Waals surface area (Å²) in [5.41, 5.74) is 13.1. The van der Waals surface area contributed by atoms with Gasteiger partial charge in [-0.1, -0.05) is 60.3 Å². The first-order valence-corrected chi connectivity index (χ1v) is 11.9. The molecule has 170 valence electrons. The molecule has 28 heavy (non-hydrogen) atoms. The summed E-state index contributed by atoms with van der Waals surface area (Å²) >= 11 is 0. The van der Waals surface area contributed by atoms with Gasteiger partial charge in [-0.2, -0.15) is 0 Å². The van der Waals surface area contributed by atoms with E-state index in [1.54, 1.807) is 0 Å². The van der Waals surface area contributed by atoms with E-state index in [2.05, 4.69) is 39.5 Å². The number of ether oxygens (including phenoxy) is 2. The summed E-state index contributed by atoms with van der Waals surface area (Å²) in [4.78, 5) is 2.65. The fourth-order valence-corrected chi connectivity index (χ4v) is 5.18. The van der Waals surface area contributed by atoms with Crippen LogP contribution < -0.4 is 11.5 Å². The monoisotopic (exact) mass is 401 g/mol. The summed E-state index contributed by atoms with van der Waals surface area (Å²) in [7, 11) is 0. The molecule has 0 aromatic heterocycles.